The van der Waals surface area contributed by atoms with Gasteiger partial charge in [0.2, 0.25) is 0 Å². The molecule has 2 aromatic carbocycles. The fourth-order valence-electron chi connectivity index (χ4n) is 1.66. The molecule has 1 unspecified atom stereocenters. The number of hydrogen-bond donors (Lipinski definition) is 2. The molecule has 0 saturated carbocycles. The molecule has 1 atom stereocenters. The first kappa shape index (κ1) is 15.8. The Kier molecular flexibility index (Phi) is 6.90. The van der Waals surface area contributed by atoms with Crippen molar-refractivity contribution in [1.82, 2.24) is 0 Å². The van der Waals surface area contributed by atoms with Crippen molar-refractivity contribution in [1.29, 1.82) is 0 Å². The summed E-state index contributed by atoms with van der Waals surface area (Å²) in [4.78, 5) is 10.1. The highest BCUT2D eigenvalue weighted by Crippen LogP contribution is 2.16. The second kappa shape index (κ2) is 8.75. The first-order chi connectivity index (χ1) is 9.63. The summed E-state index contributed by atoms with van der Waals surface area (Å²) in [5, 5.41) is 10.5. The number of benzene rings is 2. The van der Waals surface area contributed by atoms with Gasteiger partial charge in [-0.2, -0.15) is 0 Å². The van der Waals surface area contributed by atoms with Gasteiger partial charge in [0.25, 0.3) is 0 Å². The Hall–Kier alpha value is -2.29. The molecule has 0 aliphatic heterocycles. The quantitative estimate of drug-likeness (QED) is 0.827. The van der Waals surface area contributed by atoms with Crippen LogP contribution in [0.25, 0.3) is 0 Å². The number of carboxylic acid groups (broad SMARTS) is 1. The molecule has 2 aromatic rings. The molecule has 0 aromatic heterocycles. The normalized spacial score (nSPS) is 10.9. The van der Waals surface area contributed by atoms with Gasteiger partial charge in [0.1, 0.15) is 0 Å². The van der Waals surface area contributed by atoms with Gasteiger partial charge in [0.05, 0.1) is 0 Å². The van der Waals surface area contributed by atoms with Crippen LogP contribution in [0.3, 0.4) is 0 Å². The van der Waals surface area contributed by atoms with Crippen LogP contribution in [0.1, 0.15) is 31.7 Å². The zero-order valence-electron chi connectivity index (χ0n) is 11.9. The molecule has 0 spiro atoms. The third-order valence-electron chi connectivity index (χ3n) is 3.01. The molecule has 0 aliphatic carbocycles. The minimum atomic E-state index is -1.04. The number of rotatable bonds is 3. The van der Waals surface area contributed by atoms with E-state index in [-0.39, 0.29) is 0 Å². The van der Waals surface area contributed by atoms with Gasteiger partial charge in [-0.05, 0) is 30.0 Å². The van der Waals surface area contributed by atoms with E-state index >= 15 is 0 Å². The second-order valence-electron chi connectivity index (χ2n) is 4.52. The van der Waals surface area contributed by atoms with Gasteiger partial charge in [-0.1, -0.05) is 62.4 Å². The maximum Gasteiger partial charge on any atom is 0.409 e. The van der Waals surface area contributed by atoms with Crippen molar-refractivity contribution >= 4 is 11.8 Å². The smallest absolute Gasteiger partial charge is 0.409 e. The Bertz CT molecular complexity index is 497. The van der Waals surface area contributed by atoms with Crippen LogP contribution in [0.4, 0.5) is 10.5 Å². The SMILES string of the molecule is CCC(C)c1ccccc1.O=C(O)Nc1ccccc1. The third kappa shape index (κ3) is 6.05. The standard InChI is InChI=1S/C10H14.C7H7NO2/c1-3-9(2)10-7-5-4-6-8-10;9-7(10)8-6-4-2-1-3-5-6/h4-9H,3H2,1-2H3;1-5,8H,(H,9,10). The van der Waals surface area contributed by atoms with Crippen molar-refractivity contribution in [3.05, 3.63) is 66.2 Å². The Labute approximate surface area is 120 Å². The predicted octanol–water partition coefficient (Wildman–Crippen LogP) is 4.98. The van der Waals surface area contributed by atoms with Crippen molar-refractivity contribution in [3.63, 3.8) is 0 Å². The number of amides is 1. The lowest BCUT2D eigenvalue weighted by Crippen LogP contribution is -2.06. The average molecular weight is 271 g/mol. The molecule has 106 valence electrons. The molecule has 2 rings (SSSR count). The number of para-hydroxylation sites is 1. The summed E-state index contributed by atoms with van der Waals surface area (Å²) in [6.07, 6.45) is 0.190. The van der Waals surface area contributed by atoms with Crippen LogP contribution in [0.5, 0.6) is 0 Å². The molecule has 1 amide bonds. The van der Waals surface area contributed by atoms with Crippen LogP contribution in [0.2, 0.25) is 0 Å². The summed E-state index contributed by atoms with van der Waals surface area (Å²) >= 11 is 0. The first-order valence-electron chi connectivity index (χ1n) is 6.73. The highest BCUT2D eigenvalue weighted by molar-refractivity contribution is 5.82. The van der Waals surface area contributed by atoms with Crippen LogP contribution in [0, 0.1) is 0 Å². The minimum Gasteiger partial charge on any atom is -0.465 e. The molecule has 0 bridgehead atoms. The molecule has 0 aliphatic rings. The van der Waals surface area contributed by atoms with Crippen LogP contribution < -0.4 is 5.32 Å². The molecule has 3 heteroatoms. The van der Waals surface area contributed by atoms with E-state index < -0.39 is 6.09 Å². The molecule has 0 heterocycles. The Morgan fingerprint density at radius 2 is 1.55 bits per heavy atom. The van der Waals surface area contributed by atoms with Gasteiger partial charge in [-0.25, -0.2) is 4.79 Å². The summed E-state index contributed by atoms with van der Waals surface area (Å²) in [7, 11) is 0. The molecule has 0 fully saturated rings. The molecule has 3 nitrogen and oxygen atoms in total. The van der Waals surface area contributed by atoms with Gasteiger partial charge in [-0.3, -0.25) is 5.32 Å². The number of nitrogens with one attached hydrogen (secondary N) is 1. The van der Waals surface area contributed by atoms with E-state index in [4.69, 9.17) is 5.11 Å². The van der Waals surface area contributed by atoms with E-state index in [9.17, 15) is 4.79 Å². The van der Waals surface area contributed by atoms with Crippen LogP contribution in [0.15, 0.2) is 60.7 Å². The first-order valence-corrected chi connectivity index (χ1v) is 6.73. The minimum absolute atomic E-state index is 0.593. The van der Waals surface area contributed by atoms with Crippen molar-refractivity contribution < 1.29 is 9.90 Å². The van der Waals surface area contributed by atoms with Crippen molar-refractivity contribution in [3.8, 4) is 0 Å². The average Bonchev–Trinajstić information content (AvgIpc) is 2.48. The predicted molar refractivity (Wildman–Crippen MR) is 83.2 cm³/mol. The molecule has 0 radical (unpaired) electrons. The largest absolute Gasteiger partial charge is 0.465 e. The van der Waals surface area contributed by atoms with E-state index in [0.717, 1.165) is 0 Å². The van der Waals surface area contributed by atoms with Crippen molar-refractivity contribution in [2.45, 2.75) is 26.2 Å². The summed E-state index contributed by atoms with van der Waals surface area (Å²) in [6.45, 7) is 4.48. The fraction of sp³-hybridized carbons (Fsp3) is 0.235. The van der Waals surface area contributed by atoms with E-state index in [1.54, 1.807) is 24.3 Å². The zero-order chi connectivity index (χ0) is 14.8. The second-order valence-corrected chi connectivity index (χ2v) is 4.52. The van der Waals surface area contributed by atoms with Gasteiger partial charge in [0, 0.05) is 5.69 Å². The number of hydrogen-bond acceptors (Lipinski definition) is 1. The zero-order valence-corrected chi connectivity index (χ0v) is 11.9. The lowest BCUT2D eigenvalue weighted by Gasteiger charge is -2.06. The van der Waals surface area contributed by atoms with Gasteiger partial charge < -0.3 is 5.11 Å². The number of carbonyl (C=O) groups is 1. The van der Waals surface area contributed by atoms with Crippen molar-refractivity contribution in [2.75, 3.05) is 5.32 Å². The van der Waals surface area contributed by atoms with Gasteiger partial charge >= 0.3 is 6.09 Å². The van der Waals surface area contributed by atoms with Crippen LogP contribution >= 0.6 is 0 Å². The molecule has 20 heavy (non-hydrogen) atoms. The maximum absolute atomic E-state index is 10.1. The van der Waals surface area contributed by atoms with E-state index in [1.165, 1.54) is 12.0 Å². The van der Waals surface area contributed by atoms with Crippen molar-refractivity contribution in [2.24, 2.45) is 0 Å². The number of anilines is 1. The summed E-state index contributed by atoms with van der Waals surface area (Å²) in [6, 6.07) is 19.4. The Morgan fingerprint density at radius 1 is 1.05 bits per heavy atom. The van der Waals surface area contributed by atoms with E-state index in [0.29, 0.717) is 11.6 Å². The Morgan fingerprint density at radius 3 is 2.00 bits per heavy atom. The van der Waals surface area contributed by atoms with Gasteiger partial charge in [-0.15, -0.1) is 0 Å². The van der Waals surface area contributed by atoms with Crippen LogP contribution in [-0.2, 0) is 0 Å². The highest BCUT2D eigenvalue weighted by Gasteiger charge is 1.98. The molecular formula is C17H21NO2. The van der Waals surface area contributed by atoms with E-state index in [1.807, 2.05) is 6.07 Å². The monoisotopic (exact) mass is 271 g/mol. The lowest BCUT2D eigenvalue weighted by molar-refractivity contribution is 0.210. The molecule has 0 saturated heterocycles. The third-order valence-corrected chi connectivity index (χ3v) is 3.01. The summed E-state index contributed by atoms with van der Waals surface area (Å²) in [5.74, 6) is 0.709. The molecule has 2 N–H and O–H groups in total. The summed E-state index contributed by atoms with van der Waals surface area (Å²) < 4.78 is 0. The Balaban J connectivity index is 0.000000200. The fourth-order valence-corrected chi connectivity index (χ4v) is 1.66. The maximum atomic E-state index is 10.1. The van der Waals surface area contributed by atoms with E-state index in [2.05, 4.69) is 49.5 Å². The summed E-state index contributed by atoms with van der Waals surface area (Å²) in [5.41, 5.74) is 2.04. The highest BCUT2D eigenvalue weighted by atomic mass is 16.4. The van der Waals surface area contributed by atoms with Gasteiger partial charge in [0.15, 0.2) is 0 Å². The lowest BCUT2D eigenvalue weighted by atomic mass is 9.99. The topological polar surface area (TPSA) is 49.3 Å². The molecular weight excluding hydrogens is 250 g/mol. The van der Waals surface area contributed by atoms with Crippen LogP contribution in [-0.4, -0.2) is 11.2 Å².